The molecule has 0 atom stereocenters. The molecular weight excluding hydrogens is 355 g/mol. The van der Waals surface area contributed by atoms with Crippen LogP contribution in [0.4, 0.5) is 5.69 Å². The third kappa shape index (κ3) is 3.02. The van der Waals surface area contributed by atoms with Crippen LogP contribution >= 0.6 is 23.2 Å². The highest BCUT2D eigenvalue weighted by Gasteiger charge is 2.27. The summed E-state index contributed by atoms with van der Waals surface area (Å²) in [6, 6.07) is 10.8. The molecule has 2 aromatic carbocycles. The number of nitrogens with zero attached hydrogens (tertiary/aromatic N) is 2. The Kier molecular flexibility index (Phi) is 4.33. The van der Waals surface area contributed by atoms with Crippen LogP contribution in [0.5, 0.6) is 0 Å². The molecule has 2 aromatic rings. The van der Waals surface area contributed by atoms with Gasteiger partial charge >= 0.3 is 5.97 Å². The van der Waals surface area contributed by atoms with Gasteiger partial charge in [0.1, 0.15) is 0 Å². The van der Waals surface area contributed by atoms with E-state index < -0.39 is 10.9 Å². The maximum absolute atomic E-state index is 12.0. The van der Waals surface area contributed by atoms with Crippen LogP contribution in [0.25, 0.3) is 6.08 Å². The van der Waals surface area contributed by atoms with Crippen LogP contribution in [0, 0.1) is 10.1 Å². The highest BCUT2D eigenvalue weighted by Crippen LogP contribution is 2.30. The Morgan fingerprint density at radius 3 is 2.62 bits per heavy atom. The van der Waals surface area contributed by atoms with Crippen molar-refractivity contribution in [3.05, 3.63) is 79.4 Å². The molecule has 24 heavy (non-hydrogen) atoms. The molecule has 1 heterocycles. The molecule has 0 N–H and O–H groups in total. The summed E-state index contributed by atoms with van der Waals surface area (Å²) < 4.78 is 5.10. The number of nitro groups is 1. The summed E-state index contributed by atoms with van der Waals surface area (Å²) in [7, 11) is 0. The first-order chi connectivity index (χ1) is 11.5. The molecule has 8 heteroatoms. The smallest absolute Gasteiger partial charge is 0.363 e. The number of halogens is 2. The van der Waals surface area contributed by atoms with E-state index in [0.717, 1.165) is 0 Å². The molecule has 0 bridgehead atoms. The van der Waals surface area contributed by atoms with Crippen LogP contribution in [0.3, 0.4) is 0 Å². The summed E-state index contributed by atoms with van der Waals surface area (Å²) >= 11 is 12.0. The lowest BCUT2D eigenvalue weighted by atomic mass is 10.1. The second-order valence-electron chi connectivity index (χ2n) is 4.75. The van der Waals surface area contributed by atoms with Gasteiger partial charge in [0.15, 0.2) is 5.70 Å². The zero-order chi connectivity index (χ0) is 17.3. The first kappa shape index (κ1) is 16.2. The van der Waals surface area contributed by atoms with Crippen molar-refractivity contribution >= 4 is 46.8 Å². The molecule has 6 nitrogen and oxygen atoms in total. The van der Waals surface area contributed by atoms with Gasteiger partial charge in [-0.2, -0.15) is 0 Å². The summed E-state index contributed by atoms with van der Waals surface area (Å²) in [5, 5.41) is 11.5. The van der Waals surface area contributed by atoms with Crippen LogP contribution < -0.4 is 0 Å². The number of carbonyl (C=O) groups excluding carboxylic acids is 1. The highest BCUT2D eigenvalue weighted by molar-refractivity contribution is 6.44. The number of ether oxygens (including phenoxy) is 1. The molecule has 0 radical (unpaired) electrons. The maximum Gasteiger partial charge on any atom is 0.363 e. The number of aliphatic imine (C=N–C) groups is 1. The van der Waals surface area contributed by atoms with E-state index in [1.807, 2.05) is 0 Å². The van der Waals surface area contributed by atoms with E-state index in [1.165, 1.54) is 24.3 Å². The van der Waals surface area contributed by atoms with E-state index in [0.29, 0.717) is 10.6 Å². The van der Waals surface area contributed by atoms with Crippen molar-refractivity contribution in [1.29, 1.82) is 0 Å². The first-order valence-electron chi connectivity index (χ1n) is 6.68. The molecule has 3 rings (SSSR count). The predicted octanol–water partition coefficient (Wildman–Crippen LogP) is 4.25. The number of hydrogen-bond donors (Lipinski definition) is 0. The Morgan fingerprint density at radius 2 is 1.88 bits per heavy atom. The number of cyclic esters (lactones) is 1. The standard InChI is InChI=1S/C16H8Cl2N2O4/c17-11-6-3-5-10(14(11)18)15-19-12(16(21)24-15)8-9-4-1-2-7-13(9)20(22)23/h1-8H/b12-8+. The number of esters is 1. The second kappa shape index (κ2) is 6.43. The van der Waals surface area contributed by atoms with Crippen LogP contribution in [-0.2, 0) is 9.53 Å². The Bertz CT molecular complexity index is 922. The van der Waals surface area contributed by atoms with Gasteiger partial charge in [0.25, 0.3) is 5.69 Å². The highest BCUT2D eigenvalue weighted by atomic mass is 35.5. The Labute approximate surface area is 146 Å². The minimum absolute atomic E-state index is 0.00247. The third-order valence-corrected chi connectivity index (χ3v) is 4.05. The van der Waals surface area contributed by atoms with Gasteiger partial charge in [0.2, 0.25) is 5.90 Å². The lowest BCUT2D eigenvalue weighted by molar-refractivity contribution is -0.385. The normalized spacial score (nSPS) is 15.3. The van der Waals surface area contributed by atoms with Gasteiger partial charge < -0.3 is 4.74 Å². The fraction of sp³-hybridized carbons (Fsp3) is 0. The van der Waals surface area contributed by atoms with E-state index in [-0.39, 0.29) is 27.9 Å². The van der Waals surface area contributed by atoms with E-state index in [9.17, 15) is 14.9 Å². The zero-order valence-electron chi connectivity index (χ0n) is 11.9. The van der Waals surface area contributed by atoms with Crippen molar-refractivity contribution in [2.45, 2.75) is 0 Å². The molecule has 0 fully saturated rings. The van der Waals surface area contributed by atoms with Crippen molar-refractivity contribution in [3.8, 4) is 0 Å². The quantitative estimate of drug-likeness (QED) is 0.353. The number of rotatable bonds is 3. The lowest BCUT2D eigenvalue weighted by Crippen LogP contribution is -2.06. The number of para-hydroxylation sites is 1. The minimum atomic E-state index is -0.723. The van der Waals surface area contributed by atoms with Crippen molar-refractivity contribution in [1.82, 2.24) is 0 Å². The van der Waals surface area contributed by atoms with Gasteiger partial charge in [0, 0.05) is 6.07 Å². The second-order valence-corrected chi connectivity index (χ2v) is 5.54. The average molecular weight is 363 g/mol. The summed E-state index contributed by atoms with van der Waals surface area (Å²) in [5.74, 6) is -0.725. The third-order valence-electron chi connectivity index (χ3n) is 3.23. The first-order valence-corrected chi connectivity index (χ1v) is 7.43. The summed E-state index contributed by atoms with van der Waals surface area (Å²) in [5.41, 5.74) is 0.415. The Hall–Kier alpha value is -2.70. The lowest BCUT2D eigenvalue weighted by Gasteiger charge is -2.03. The fourth-order valence-corrected chi connectivity index (χ4v) is 2.50. The van der Waals surface area contributed by atoms with Crippen molar-refractivity contribution in [2.24, 2.45) is 4.99 Å². The van der Waals surface area contributed by atoms with Crippen LogP contribution in [0.15, 0.2) is 53.2 Å². The molecule has 0 aromatic heterocycles. The van der Waals surface area contributed by atoms with Crippen molar-refractivity contribution in [2.75, 3.05) is 0 Å². The fourth-order valence-electron chi connectivity index (χ4n) is 2.12. The monoisotopic (exact) mass is 362 g/mol. The van der Waals surface area contributed by atoms with E-state index in [2.05, 4.69) is 4.99 Å². The summed E-state index contributed by atoms with van der Waals surface area (Å²) in [6.45, 7) is 0. The van der Waals surface area contributed by atoms with E-state index in [1.54, 1.807) is 24.3 Å². The zero-order valence-corrected chi connectivity index (χ0v) is 13.4. The molecular formula is C16H8Cl2N2O4. The van der Waals surface area contributed by atoms with Crippen LogP contribution in [0.2, 0.25) is 10.0 Å². The molecule has 0 aliphatic carbocycles. The molecule has 0 unspecified atom stereocenters. The molecule has 1 aliphatic rings. The van der Waals surface area contributed by atoms with Crippen molar-refractivity contribution in [3.63, 3.8) is 0 Å². The summed E-state index contributed by atoms with van der Waals surface area (Å²) in [4.78, 5) is 26.6. The van der Waals surface area contributed by atoms with Gasteiger partial charge in [-0.25, -0.2) is 9.79 Å². The molecule has 0 spiro atoms. The SMILES string of the molecule is O=C1OC(c2cccc(Cl)c2Cl)=N/C1=C/c1ccccc1[N+](=O)[O-]. The molecule has 1 aliphatic heterocycles. The van der Waals surface area contributed by atoms with Crippen LogP contribution in [-0.4, -0.2) is 16.8 Å². The summed E-state index contributed by atoms with van der Waals surface area (Å²) in [6.07, 6.45) is 1.30. The van der Waals surface area contributed by atoms with Gasteiger partial charge in [0.05, 0.1) is 26.1 Å². The Morgan fingerprint density at radius 1 is 1.12 bits per heavy atom. The van der Waals surface area contributed by atoms with Crippen molar-refractivity contribution < 1.29 is 14.5 Å². The number of carbonyl (C=O) groups is 1. The van der Waals surface area contributed by atoms with Crippen LogP contribution in [0.1, 0.15) is 11.1 Å². The largest absolute Gasteiger partial charge is 0.402 e. The van der Waals surface area contributed by atoms with E-state index in [4.69, 9.17) is 27.9 Å². The molecule has 120 valence electrons. The van der Waals surface area contributed by atoms with Gasteiger partial charge in [-0.05, 0) is 24.3 Å². The van der Waals surface area contributed by atoms with Gasteiger partial charge in [-0.15, -0.1) is 0 Å². The number of benzene rings is 2. The van der Waals surface area contributed by atoms with Gasteiger partial charge in [-0.3, -0.25) is 10.1 Å². The molecule has 0 amide bonds. The predicted molar refractivity (Wildman–Crippen MR) is 90.2 cm³/mol. The maximum atomic E-state index is 12.0. The van der Waals surface area contributed by atoms with Gasteiger partial charge in [-0.1, -0.05) is 41.4 Å². The average Bonchev–Trinajstić information content (AvgIpc) is 2.91. The topological polar surface area (TPSA) is 81.8 Å². The minimum Gasteiger partial charge on any atom is -0.402 e. The number of nitro benzene ring substituents is 1. The Balaban J connectivity index is 2.04. The molecule has 0 saturated carbocycles. The van der Waals surface area contributed by atoms with E-state index >= 15 is 0 Å². The number of hydrogen-bond acceptors (Lipinski definition) is 5. The molecule has 0 saturated heterocycles.